The van der Waals surface area contributed by atoms with Gasteiger partial charge in [0.15, 0.2) is 0 Å². The van der Waals surface area contributed by atoms with E-state index in [1.54, 1.807) is 0 Å². The first-order valence-electron chi connectivity index (χ1n) is 19.6. The molecule has 56 heavy (non-hydrogen) atoms. The van der Waals surface area contributed by atoms with Gasteiger partial charge in [0.25, 0.3) is 0 Å². The number of hydrogen-bond donors (Lipinski definition) is 0. The van der Waals surface area contributed by atoms with Gasteiger partial charge in [-0.25, -0.2) is 0 Å². The Morgan fingerprint density at radius 3 is 1.64 bits per heavy atom. The fourth-order valence-electron chi connectivity index (χ4n) is 10.0. The van der Waals surface area contributed by atoms with E-state index >= 15 is 0 Å². The van der Waals surface area contributed by atoms with Crippen LogP contribution in [0.1, 0.15) is 25.0 Å². The first-order chi connectivity index (χ1) is 27.5. The molecule has 1 heterocycles. The van der Waals surface area contributed by atoms with E-state index < -0.39 is 0 Å². The molecule has 10 aromatic carbocycles. The molecule has 0 saturated carbocycles. The van der Waals surface area contributed by atoms with Crippen molar-refractivity contribution in [1.82, 2.24) is 0 Å². The summed E-state index contributed by atoms with van der Waals surface area (Å²) in [4.78, 5) is 0. The summed E-state index contributed by atoms with van der Waals surface area (Å²) in [6.45, 7) is 4.73. The molecule has 0 radical (unpaired) electrons. The van der Waals surface area contributed by atoms with Gasteiger partial charge in [-0.15, -0.1) is 0 Å². The van der Waals surface area contributed by atoms with E-state index in [4.69, 9.17) is 4.42 Å². The van der Waals surface area contributed by atoms with Crippen molar-refractivity contribution in [2.45, 2.75) is 19.3 Å². The molecule has 0 spiro atoms. The molecule has 1 nitrogen and oxygen atoms in total. The lowest BCUT2D eigenvalue weighted by Gasteiger charge is -2.22. The minimum atomic E-state index is -0.171. The van der Waals surface area contributed by atoms with E-state index in [0.717, 1.165) is 16.6 Å². The first-order valence-corrected chi connectivity index (χ1v) is 19.6. The average Bonchev–Trinajstić information content (AvgIpc) is 3.74. The Morgan fingerprint density at radius 1 is 0.375 bits per heavy atom. The summed E-state index contributed by atoms with van der Waals surface area (Å²) in [5, 5.41) is 12.4. The average molecular weight is 713 g/mol. The Kier molecular flexibility index (Phi) is 6.46. The second-order valence-corrected chi connectivity index (χ2v) is 16.0. The summed E-state index contributed by atoms with van der Waals surface area (Å²) in [5.74, 6) is 0. The molecule has 0 aliphatic heterocycles. The quantitative estimate of drug-likeness (QED) is 0.166. The van der Waals surface area contributed by atoms with Crippen molar-refractivity contribution in [1.29, 1.82) is 0 Å². The third-order valence-electron chi connectivity index (χ3n) is 12.6. The van der Waals surface area contributed by atoms with E-state index in [2.05, 4.69) is 196 Å². The fraction of sp³-hybridized carbons (Fsp3) is 0.0545. The molecule has 1 heteroatoms. The molecular formula is C55H36O. The third kappa shape index (κ3) is 4.37. The van der Waals surface area contributed by atoms with Gasteiger partial charge in [0.05, 0.1) is 0 Å². The number of fused-ring (bicyclic) bond motifs is 12. The Bertz CT molecular complexity index is 3370. The topological polar surface area (TPSA) is 13.1 Å². The number of hydrogen-bond acceptors (Lipinski definition) is 1. The summed E-state index contributed by atoms with van der Waals surface area (Å²) in [6.07, 6.45) is 0. The molecule has 262 valence electrons. The van der Waals surface area contributed by atoms with Crippen molar-refractivity contribution in [2.75, 3.05) is 0 Å². The van der Waals surface area contributed by atoms with Crippen LogP contribution in [-0.2, 0) is 5.41 Å². The molecule has 1 aromatic heterocycles. The van der Waals surface area contributed by atoms with Gasteiger partial charge in [-0.05, 0) is 118 Å². The molecule has 0 amide bonds. The summed E-state index contributed by atoms with van der Waals surface area (Å²) in [7, 11) is 0. The highest BCUT2D eigenvalue weighted by atomic mass is 16.3. The van der Waals surface area contributed by atoms with E-state index in [0.29, 0.717) is 0 Å². The number of rotatable bonds is 3. The van der Waals surface area contributed by atoms with Crippen LogP contribution in [0.3, 0.4) is 0 Å². The molecule has 0 bridgehead atoms. The minimum absolute atomic E-state index is 0.171. The second-order valence-electron chi connectivity index (χ2n) is 16.0. The Morgan fingerprint density at radius 2 is 0.929 bits per heavy atom. The maximum atomic E-state index is 6.62. The molecule has 0 saturated heterocycles. The van der Waals surface area contributed by atoms with Crippen LogP contribution in [0.15, 0.2) is 186 Å². The molecule has 1 aliphatic carbocycles. The summed E-state index contributed by atoms with van der Waals surface area (Å²) >= 11 is 0. The molecule has 0 unspecified atom stereocenters. The van der Waals surface area contributed by atoms with Crippen LogP contribution in [0, 0.1) is 0 Å². The van der Waals surface area contributed by atoms with Gasteiger partial charge in [-0.3, -0.25) is 0 Å². The van der Waals surface area contributed by atoms with Crippen molar-refractivity contribution in [3.05, 3.63) is 193 Å². The van der Waals surface area contributed by atoms with Crippen molar-refractivity contribution in [3.63, 3.8) is 0 Å². The SMILES string of the molecule is CC1(C)c2ccc(-c3ccc(-c4c5ccccc5c(-c5ccc6ccccc6c5)c5ccccc45)cc3)cc2-c2ccc3oc4c5ccccc5ccc4c3c21. The molecule has 0 N–H and O–H groups in total. The van der Waals surface area contributed by atoms with Crippen molar-refractivity contribution >= 4 is 65.0 Å². The summed E-state index contributed by atoms with van der Waals surface area (Å²) in [5.41, 5.74) is 14.6. The van der Waals surface area contributed by atoms with Gasteiger partial charge < -0.3 is 4.42 Å². The van der Waals surface area contributed by atoms with Gasteiger partial charge in [0.1, 0.15) is 11.2 Å². The van der Waals surface area contributed by atoms with Crippen LogP contribution < -0.4 is 0 Å². The van der Waals surface area contributed by atoms with Crippen LogP contribution >= 0.6 is 0 Å². The smallest absolute Gasteiger partial charge is 0.143 e. The van der Waals surface area contributed by atoms with E-state index in [1.807, 2.05) is 0 Å². The zero-order valence-corrected chi connectivity index (χ0v) is 31.2. The van der Waals surface area contributed by atoms with E-state index in [-0.39, 0.29) is 5.41 Å². The minimum Gasteiger partial charge on any atom is -0.455 e. The zero-order valence-electron chi connectivity index (χ0n) is 31.2. The molecule has 12 rings (SSSR count). The highest BCUT2D eigenvalue weighted by Crippen LogP contribution is 2.54. The highest BCUT2D eigenvalue weighted by molar-refractivity contribution is 6.22. The first kappa shape index (κ1) is 31.4. The number of benzene rings is 10. The van der Waals surface area contributed by atoms with Crippen LogP contribution in [0.2, 0.25) is 0 Å². The summed E-state index contributed by atoms with van der Waals surface area (Å²) < 4.78 is 6.62. The zero-order chi connectivity index (χ0) is 37.1. The lowest BCUT2D eigenvalue weighted by atomic mass is 9.80. The number of furan rings is 1. The monoisotopic (exact) mass is 712 g/mol. The van der Waals surface area contributed by atoms with Crippen molar-refractivity contribution in [2.24, 2.45) is 0 Å². The molecule has 0 atom stereocenters. The van der Waals surface area contributed by atoms with Crippen LogP contribution in [0.4, 0.5) is 0 Å². The molecule has 0 fully saturated rings. The highest BCUT2D eigenvalue weighted by Gasteiger charge is 2.38. The standard InChI is InChI=1S/C55H36O/c1-55(2)48-29-26-38(32-47(48)45-28-30-49-52(53(45)55)46-27-25-35-12-5-6-14-40(35)54(46)56-49)34-19-22-36(23-20-34)50-41-15-7-9-17-43(41)51(44-18-10-8-16-42(44)50)39-24-21-33-11-3-4-13-37(33)31-39/h3-32H,1-2H3. The van der Waals surface area contributed by atoms with E-state index in [1.165, 1.54) is 104 Å². The van der Waals surface area contributed by atoms with Crippen LogP contribution in [-0.4, -0.2) is 0 Å². The van der Waals surface area contributed by atoms with Crippen molar-refractivity contribution in [3.8, 4) is 44.5 Å². The molecule has 11 aromatic rings. The Labute approximate surface area is 325 Å². The van der Waals surface area contributed by atoms with Gasteiger partial charge >= 0.3 is 0 Å². The van der Waals surface area contributed by atoms with Crippen molar-refractivity contribution < 1.29 is 4.42 Å². The normalized spacial score (nSPS) is 13.3. The lowest BCUT2D eigenvalue weighted by molar-refractivity contribution is 0.658. The van der Waals surface area contributed by atoms with Gasteiger partial charge in [-0.2, -0.15) is 0 Å². The lowest BCUT2D eigenvalue weighted by Crippen LogP contribution is -2.15. The summed E-state index contributed by atoms with van der Waals surface area (Å²) in [6, 6.07) is 67.1. The maximum absolute atomic E-state index is 6.62. The maximum Gasteiger partial charge on any atom is 0.143 e. The van der Waals surface area contributed by atoms with Gasteiger partial charge in [-0.1, -0.05) is 172 Å². The predicted octanol–water partition coefficient (Wildman–Crippen LogP) is 15.5. The molecule has 1 aliphatic rings. The molecular weight excluding hydrogens is 677 g/mol. The Hall–Kier alpha value is -6.96. The predicted molar refractivity (Wildman–Crippen MR) is 238 cm³/mol. The van der Waals surface area contributed by atoms with Crippen LogP contribution in [0.25, 0.3) is 110 Å². The third-order valence-corrected chi connectivity index (χ3v) is 12.6. The van der Waals surface area contributed by atoms with Gasteiger partial charge in [0.2, 0.25) is 0 Å². The van der Waals surface area contributed by atoms with Gasteiger partial charge in [0, 0.05) is 21.6 Å². The fourth-order valence-corrected chi connectivity index (χ4v) is 10.0. The van der Waals surface area contributed by atoms with E-state index in [9.17, 15) is 0 Å². The second kappa shape index (κ2) is 11.5. The Balaban J connectivity index is 0.986. The largest absolute Gasteiger partial charge is 0.455 e. The van der Waals surface area contributed by atoms with Crippen LogP contribution in [0.5, 0.6) is 0 Å².